The highest BCUT2D eigenvalue weighted by atomic mass is 16.5. The lowest BCUT2D eigenvalue weighted by molar-refractivity contribution is 0.107. The molecule has 5 heteroatoms. The first-order valence-corrected chi connectivity index (χ1v) is 5.64. The van der Waals surface area contributed by atoms with Crippen LogP contribution in [0.25, 0.3) is 0 Å². The van der Waals surface area contributed by atoms with Crippen LogP contribution >= 0.6 is 0 Å². The quantitative estimate of drug-likeness (QED) is 0.271. The third-order valence-electron chi connectivity index (χ3n) is 2.70. The first-order valence-electron chi connectivity index (χ1n) is 5.64. The normalized spacial score (nSPS) is 26.7. The fourth-order valence-corrected chi connectivity index (χ4v) is 1.62. The first kappa shape index (κ1) is 12.3. The van der Waals surface area contributed by atoms with Gasteiger partial charge in [-0.3, -0.25) is 10.4 Å². The molecule has 0 aliphatic carbocycles. The van der Waals surface area contributed by atoms with Crippen molar-refractivity contribution in [1.82, 2.24) is 10.7 Å². The highest BCUT2D eigenvalue weighted by Gasteiger charge is 2.23. The topological polar surface area (TPSA) is 71.7 Å². The zero-order valence-corrected chi connectivity index (χ0v) is 9.62. The van der Waals surface area contributed by atoms with Gasteiger partial charge >= 0.3 is 0 Å². The van der Waals surface area contributed by atoms with Gasteiger partial charge in [0.15, 0.2) is 0 Å². The lowest BCUT2D eigenvalue weighted by Gasteiger charge is -2.13. The van der Waals surface area contributed by atoms with Crippen LogP contribution in [-0.2, 0) is 4.74 Å². The average Bonchev–Trinajstić information content (AvgIpc) is 2.65. The number of ether oxygens (including phenoxy) is 1. The summed E-state index contributed by atoms with van der Waals surface area (Å²) >= 11 is 0. The third kappa shape index (κ3) is 4.05. The van der Waals surface area contributed by atoms with Gasteiger partial charge in [0.2, 0.25) is 5.96 Å². The minimum Gasteiger partial charge on any atom is -0.378 e. The molecule has 0 spiro atoms. The number of guanidine groups is 1. The van der Waals surface area contributed by atoms with Crippen LogP contribution in [0.4, 0.5) is 0 Å². The fourth-order valence-electron chi connectivity index (χ4n) is 1.62. The van der Waals surface area contributed by atoms with Crippen LogP contribution in [0.1, 0.15) is 26.7 Å². The van der Waals surface area contributed by atoms with Gasteiger partial charge in [-0.05, 0) is 19.8 Å². The summed E-state index contributed by atoms with van der Waals surface area (Å²) in [5.74, 6) is 6.56. The molecule has 1 aliphatic rings. The standard InChI is InChI=1S/C10H22N4O/c1-3-5-12-10(14-11)13-7-9-4-6-15-8(9)2/h8-9H,3-7,11H2,1-2H3,(H2,12,13,14). The van der Waals surface area contributed by atoms with Gasteiger partial charge in [-0.1, -0.05) is 6.92 Å². The van der Waals surface area contributed by atoms with E-state index in [1.807, 2.05) is 0 Å². The number of aliphatic imine (C=N–C) groups is 1. The van der Waals surface area contributed by atoms with Crippen LogP contribution in [0.15, 0.2) is 4.99 Å². The van der Waals surface area contributed by atoms with E-state index in [1.54, 1.807) is 0 Å². The Bertz CT molecular complexity index is 208. The van der Waals surface area contributed by atoms with Crippen molar-refractivity contribution in [3.8, 4) is 0 Å². The van der Waals surface area contributed by atoms with Crippen molar-refractivity contribution in [2.24, 2.45) is 16.8 Å². The van der Waals surface area contributed by atoms with E-state index < -0.39 is 0 Å². The van der Waals surface area contributed by atoms with Crippen LogP contribution in [0.5, 0.6) is 0 Å². The van der Waals surface area contributed by atoms with E-state index in [-0.39, 0.29) is 0 Å². The maximum absolute atomic E-state index is 5.47. The lowest BCUT2D eigenvalue weighted by atomic mass is 10.0. The smallest absolute Gasteiger partial charge is 0.205 e. The predicted molar refractivity (Wildman–Crippen MR) is 61.4 cm³/mol. The Hall–Kier alpha value is -0.810. The number of nitrogens with zero attached hydrogens (tertiary/aromatic N) is 1. The second-order valence-corrected chi connectivity index (χ2v) is 3.89. The minimum atomic E-state index is 0.318. The summed E-state index contributed by atoms with van der Waals surface area (Å²) in [6.45, 7) is 6.72. The van der Waals surface area contributed by atoms with Crippen LogP contribution in [-0.4, -0.2) is 31.8 Å². The Morgan fingerprint density at radius 1 is 1.60 bits per heavy atom. The molecule has 0 aromatic heterocycles. The number of nitrogens with one attached hydrogen (secondary N) is 2. The molecule has 0 aromatic rings. The van der Waals surface area contributed by atoms with Gasteiger partial charge in [-0.2, -0.15) is 0 Å². The highest BCUT2D eigenvalue weighted by Crippen LogP contribution is 2.20. The van der Waals surface area contributed by atoms with Crippen molar-refractivity contribution < 1.29 is 4.74 Å². The monoisotopic (exact) mass is 214 g/mol. The Labute approximate surface area is 91.4 Å². The van der Waals surface area contributed by atoms with Gasteiger partial charge in [0, 0.05) is 25.6 Å². The first-order chi connectivity index (χ1) is 7.27. The van der Waals surface area contributed by atoms with Gasteiger partial charge in [0.05, 0.1) is 6.10 Å². The van der Waals surface area contributed by atoms with Gasteiger partial charge in [0.1, 0.15) is 0 Å². The molecule has 88 valence electrons. The van der Waals surface area contributed by atoms with Gasteiger partial charge in [-0.15, -0.1) is 0 Å². The molecule has 2 unspecified atom stereocenters. The van der Waals surface area contributed by atoms with Crippen molar-refractivity contribution in [3.63, 3.8) is 0 Å². The zero-order chi connectivity index (χ0) is 11.1. The van der Waals surface area contributed by atoms with Crippen molar-refractivity contribution >= 4 is 5.96 Å². The molecule has 0 radical (unpaired) electrons. The molecule has 0 aromatic carbocycles. The molecule has 1 aliphatic heterocycles. The molecule has 0 bridgehead atoms. The molecule has 1 fully saturated rings. The molecule has 1 saturated heterocycles. The summed E-state index contributed by atoms with van der Waals surface area (Å²) < 4.78 is 5.47. The number of rotatable bonds is 4. The molecule has 5 nitrogen and oxygen atoms in total. The average molecular weight is 214 g/mol. The van der Waals surface area contributed by atoms with Gasteiger partial charge in [0.25, 0.3) is 0 Å². The fraction of sp³-hybridized carbons (Fsp3) is 0.900. The van der Waals surface area contributed by atoms with Crippen LogP contribution in [0.3, 0.4) is 0 Å². The Kier molecular flexibility index (Phi) is 5.42. The van der Waals surface area contributed by atoms with Crippen molar-refractivity contribution in [3.05, 3.63) is 0 Å². The van der Waals surface area contributed by atoms with E-state index in [9.17, 15) is 0 Å². The number of hydrogen-bond acceptors (Lipinski definition) is 3. The summed E-state index contributed by atoms with van der Waals surface area (Å²) in [6, 6.07) is 0. The molecule has 1 rings (SSSR count). The Morgan fingerprint density at radius 3 is 2.93 bits per heavy atom. The molecule has 2 atom stereocenters. The molecule has 1 heterocycles. The second-order valence-electron chi connectivity index (χ2n) is 3.89. The van der Waals surface area contributed by atoms with Crippen LogP contribution in [0, 0.1) is 5.92 Å². The Morgan fingerprint density at radius 2 is 2.40 bits per heavy atom. The summed E-state index contributed by atoms with van der Waals surface area (Å²) in [6.07, 6.45) is 2.47. The van der Waals surface area contributed by atoms with E-state index in [4.69, 9.17) is 10.6 Å². The zero-order valence-electron chi connectivity index (χ0n) is 9.62. The number of hydrazine groups is 1. The molecule has 0 saturated carbocycles. The summed E-state index contributed by atoms with van der Waals surface area (Å²) in [5, 5.41) is 3.13. The molecular formula is C10H22N4O. The molecule has 0 amide bonds. The largest absolute Gasteiger partial charge is 0.378 e. The lowest BCUT2D eigenvalue weighted by Crippen LogP contribution is -2.42. The maximum atomic E-state index is 5.47. The van der Waals surface area contributed by atoms with Crippen molar-refractivity contribution in [2.75, 3.05) is 19.7 Å². The summed E-state index contributed by atoms with van der Waals surface area (Å²) in [5.41, 5.74) is 2.57. The van der Waals surface area contributed by atoms with Gasteiger partial charge in [-0.25, -0.2) is 5.84 Å². The third-order valence-corrected chi connectivity index (χ3v) is 2.70. The number of hydrogen-bond donors (Lipinski definition) is 3. The minimum absolute atomic E-state index is 0.318. The maximum Gasteiger partial charge on any atom is 0.205 e. The van der Waals surface area contributed by atoms with E-state index in [2.05, 4.69) is 29.6 Å². The SMILES string of the molecule is CCCNC(=NCC1CCOC1C)NN. The summed E-state index contributed by atoms with van der Waals surface area (Å²) in [4.78, 5) is 4.40. The number of nitrogens with two attached hydrogens (primary N) is 1. The Balaban J connectivity index is 2.32. The van der Waals surface area contributed by atoms with Crippen LogP contribution < -0.4 is 16.6 Å². The summed E-state index contributed by atoms with van der Waals surface area (Å²) in [7, 11) is 0. The van der Waals surface area contributed by atoms with Gasteiger partial charge < -0.3 is 10.1 Å². The van der Waals surface area contributed by atoms with E-state index >= 15 is 0 Å². The van der Waals surface area contributed by atoms with Crippen molar-refractivity contribution in [1.29, 1.82) is 0 Å². The van der Waals surface area contributed by atoms with E-state index in [0.717, 1.165) is 32.5 Å². The second kappa shape index (κ2) is 6.63. The predicted octanol–water partition coefficient (Wildman–Crippen LogP) is 0.230. The van der Waals surface area contributed by atoms with Crippen molar-refractivity contribution in [2.45, 2.75) is 32.8 Å². The highest BCUT2D eigenvalue weighted by molar-refractivity contribution is 5.79. The molecule has 4 N–H and O–H groups in total. The molecule has 15 heavy (non-hydrogen) atoms. The van der Waals surface area contributed by atoms with Crippen LogP contribution in [0.2, 0.25) is 0 Å². The van der Waals surface area contributed by atoms with E-state index in [0.29, 0.717) is 18.0 Å². The molecular weight excluding hydrogens is 192 g/mol. The van der Waals surface area contributed by atoms with E-state index in [1.165, 1.54) is 0 Å².